The van der Waals surface area contributed by atoms with Crippen molar-refractivity contribution in [2.45, 2.75) is 5.75 Å². The normalized spacial score (nSPS) is 10.8. The Balaban J connectivity index is 1.49. The van der Waals surface area contributed by atoms with Gasteiger partial charge in [0.1, 0.15) is 11.0 Å². The quantitative estimate of drug-likeness (QED) is 0.502. The Morgan fingerprint density at radius 2 is 2.00 bits per heavy atom. The van der Waals surface area contributed by atoms with Crippen LogP contribution in [0.1, 0.15) is 15.9 Å². The van der Waals surface area contributed by atoms with Crippen LogP contribution in [0.3, 0.4) is 0 Å². The molecule has 0 saturated carbocycles. The molecule has 2 aromatic carbocycles. The largest absolute Gasteiger partial charge is 0.351 e. The molecule has 1 aromatic heterocycles. The third-order valence-electron chi connectivity index (χ3n) is 3.66. The maximum Gasteiger partial charge on any atom is 0.251 e. The first kappa shape index (κ1) is 17.7. The average molecular weight is 375 g/mol. The molecule has 0 aliphatic carbocycles. The molecular weight excluding hydrogens is 359 g/mol. The van der Waals surface area contributed by atoms with E-state index in [1.54, 1.807) is 48.2 Å². The van der Waals surface area contributed by atoms with E-state index in [2.05, 4.69) is 10.3 Å². The fraction of sp³-hybridized carbons (Fsp3) is 0.158. The summed E-state index contributed by atoms with van der Waals surface area (Å²) in [6.07, 6.45) is 0. The first-order chi connectivity index (χ1) is 12.1. The van der Waals surface area contributed by atoms with Crippen molar-refractivity contribution in [3.8, 4) is 0 Å². The lowest BCUT2D eigenvalue weighted by atomic mass is 10.1. The van der Waals surface area contributed by atoms with E-state index in [4.69, 9.17) is 11.6 Å². The number of rotatable bonds is 6. The van der Waals surface area contributed by atoms with Crippen molar-refractivity contribution in [1.82, 2.24) is 10.3 Å². The van der Waals surface area contributed by atoms with Crippen molar-refractivity contribution in [2.75, 3.05) is 12.3 Å². The number of carbonyl (C=O) groups is 1. The molecule has 0 aliphatic heterocycles. The van der Waals surface area contributed by atoms with Crippen molar-refractivity contribution >= 4 is 40.2 Å². The molecule has 0 saturated heterocycles. The third-order valence-corrected chi connectivity index (χ3v) is 4.88. The van der Waals surface area contributed by atoms with Gasteiger partial charge in [-0.15, -0.1) is 0 Å². The molecule has 0 spiro atoms. The van der Waals surface area contributed by atoms with Gasteiger partial charge in [-0.05, 0) is 42.0 Å². The van der Waals surface area contributed by atoms with E-state index < -0.39 is 0 Å². The predicted octanol–water partition coefficient (Wildman–Crippen LogP) is 4.69. The minimum Gasteiger partial charge on any atom is -0.351 e. The van der Waals surface area contributed by atoms with E-state index in [9.17, 15) is 9.18 Å². The van der Waals surface area contributed by atoms with E-state index in [1.165, 1.54) is 6.07 Å². The van der Waals surface area contributed by atoms with Gasteiger partial charge in [0.2, 0.25) is 0 Å². The number of nitrogens with one attached hydrogen (secondary N) is 1. The third kappa shape index (κ3) is 4.71. The number of nitrogens with zero attached hydrogens (tertiary/aromatic N) is 1. The van der Waals surface area contributed by atoms with Crippen LogP contribution in [-0.4, -0.2) is 23.2 Å². The van der Waals surface area contributed by atoms with Gasteiger partial charge in [-0.2, -0.15) is 11.8 Å². The lowest BCUT2D eigenvalue weighted by molar-refractivity contribution is 0.0956. The Hall–Kier alpha value is -2.11. The summed E-state index contributed by atoms with van der Waals surface area (Å²) in [5.74, 6) is 0.975. The molecule has 1 N–H and O–H groups in total. The van der Waals surface area contributed by atoms with Crippen LogP contribution in [0.15, 0.2) is 54.6 Å². The lowest BCUT2D eigenvalue weighted by Crippen LogP contribution is -2.25. The second-order valence-electron chi connectivity index (χ2n) is 5.44. The number of aromatic nitrogens is 1. The minimum atomic E-state index is -0.191. The number of thioether (sulfide) groups is 1. The Morgan fingerprint density at radius 3 is 2.84 bits per heavy atom. The molecule has 25 heavy (non-hydrogen) atoms. The number of hydrogen-bond donors (Lipinski definition) is 1. The monoisotopic (exact) mass is 374 g/mol. The zero-order valence-electron chi connectivity index (χ0n) is 13.3. The number of benzene rings is 2. The van der Waals surface area contributed by atoms with Crippen molar-refractivity contribution in [1.29, 1.82) is 0 Å². The number of carbonyl (C=O) groups excluding carboxylic acids is 1. The highest BCUT2D eigenvalue weighted by molar-refractivity contribution is 7.98. The number of pyridine rings is 1. The number of amides is 1. The molecule has 0 radical (unpaired) electrons. The van der Waals surface area contributed by atoms with E-state index in [-0.39, 0.29) is 11.7 Å². The van der Waals surface area contributed by atoms with Crippen LogP contribution in [0.4, 0.5) is 4.39 Å². The van der Waals surface area contributed by atoms with Crippen LogP contribution in [0.2, 0.25) is 5.15 Å². The van der Waals surface area contributed by atoms with Gasteiger partial charge in [0, 0.05) is 29.0 Å². The standard InChI is InChI=1S/C19H16ClFN2OS/c20-18-8-6-13-11-14(5-7-17(13)23-18)19(24)22-9-10-25-12-15-3-1-2-4-16(15)21/h1-8,11H,9-10,12H2,(H,22,24). The molecule has 3 nitrogen and oxygen atoms in total. The summed E-state index contributed by atoms with van der Waals surface area (Å²) < 4.78 is 13.5. The maximum atomic E-state index is 13.5. The summed E-state index contributed by atoms with van der Waals surface area (Å²) in [4.78, 5) is 16.4. The summed E-state index contributed by atoms with van der Waals surface area (Å²) in [5.41, 5.74) is 2.01. The molecule has 1 amide bonds. The fourth-order valence-corrected chi connectivity index (χ4v) is 3.38. The number of halogens is 2. The Kier molecular flexibility index (Phi) is 5.89. The van der Waals surface area contributed by atoms with Gasteiger partial charge in [0.15, 0.2) is 0 Å². The average Bonchev–Trinajstić information content (AvgIpc) is 2.62. The first-order valence-corrected chi connectivity index (χ1v) is 9.32. The zero-order valence-corrected chi connectivity index (χ0v) is 14.9. The lowest BCUT2D eigenvalue weighted by Gasteiger charge is -2.07. The highest BCUT2D eigenvalue weighted by Gasteiger charge is 2.07. The Morgan fingerprint density at radius 1 is 1.16 bits per heavy atom. The maximum absolute atomic E-state index is 13.5. The molecular formula is C19H16ClFN2OS. The van der Waals surface area contributed by atoms with Crippen molar-refractivity contribution in [3.05, 3.63) is 76.7 Å². The molecule has 6 heteroatoms. The van der Waals surface area contributed by atoms with Crippen LogP contribution in [0.5, 0.6) is 0 Å². The molecule has 0 atom stereocenters. The van der Waals surface area contributed by atoms with E-state index in [0.29, 0.717) is 34.3 Å². The van der Waals surface area contributed by atoms with Gasteiger partial charge >= 0.3 is 0 Å². The predicted molar refractivity (Wildman–Crippen MR) is 102 cm³/mol. The fourth-order valence-electron chi connectivity index (χ4n) is 2.38. The first-order valence-electron chi connectivity index (χ1n) is 7.79. The molecule has 0 bridgehead atoms. The topological polar surface area (TPSA) is 42.0 Å². The Bertz CT molecular complexity index is 903. The summed E-state index contributed by atoms with van der Waals surface area (Å²) in [6, 6.07) is 15.6. The highest BCUT2D eigenvalue weighted by Crippen LogP contribution is 2.17. The van der Waals surface area contributed by atoms with Gasteiger partial charge in [0.25, 0.3) is 5.91 Å². The van der Waals surface area contributed by atoms with Crippen LogP contribution >= 0.6 is 23.4 Å². The summed E-state index contributed by atoms with van der Waals surface area (Å²) >= 11 is 7.44. The van der Waals surface area contributed by atoms with E-state index >= 15 is 0 Å². The van der Waals surface area contributed by atoms with Crippen molar-refractivity contribution < 1.29 is 9.18 Å². The van der Waals surface area contributed by atoms with Crippen LogP contribution in [0, 0.1) is 5.82 Å². The van der Waals surface area contributed by atoms with Crippen molar-refractivity contribution in [3.63, 3.8) is 0 Å². The summed E-state index contributed by atoms with van der Waals surface area (Å²) in [7, 11) is 0. The van der Waals surface area contributed by atoms with Gasteiger partial charge in [-0.25, -0.2) is 9.37 Å². The summed E-state index contributed by atoms with van der Waals surface area (Å²) in [5, 5.41) is 4.17. The molecule has 1 heterocycles. The SMILES string of the molecule is O=C(NCCSCc1ccccc1F)c1ccc2nc(Cl)ccc2c1. The molecule has 0 fully saturated rings. The molecule has 0 aliphatic rings. The van der Waals surface area contributed by atoms with Crippen molar-refractivity contribution in [2.24, 2.45) is 0 Å². The molecule has 128 valence electrons. The Labute approximate surface area is 154 Å². The molecule has 3 aromatic rings. The van der Waals surface area contributed by atoms with Crippen LogP contribution < -0.4 is 5.32 Å². The van der Waals surface area contributed by atoms with Gasteiger partial charge in [0.05, 0.1) is 5.52 Å². The molecule has 0 unspecified atom stereocenters. The van der Waals surface area contributed by atoms with E-state index in [0.717, 1.165) is 10.9 Å². The van der Waals surface area contributed by atoms with Crippen LogP contribution in [-0.2, 0) is 5.75 Å². The van der Waals surface area contributed by atoms with Gasteiger partial charge in [-0.1, -0.05) is 29.8 Å². The summed E-state index contributed by atoms with van der Waals surface area (Å²) in [6.45, 7) is 0.523. The molecule has 3 rings (SSSR count). The number of fused-ring (bicyclic) bond motifs is 1. The number of hydrogen-bond acceptors (Lipinski definition) is 3. The van der Waals surface area contributed by atoms with Gasteiger partial charge in [-0.3, -0.25) is 4.79 Å². The van der Waals surface area contributed by atoms with Gasteiger partial charge < -0.3 is 5.32 Å². The smallest absolute Gasteiger partial charge is 0.251 e. The second-order valence-corrected chi connectivity index (χ2v) is 6.93. The zero-order chi connectivity index (χ0) is 17.6. The van der Waals surface area contributed by atoms with E-state index in [1.807, 2.05) is 12.1 Å². The highest BCUT2D eigenvalue weighted by atomic mass is 35.5. The minimum absolute atomic E-state index is 0.136. The van der Waals surface area contributed by atoms with Crippen LogP contribution in [0.25, 0.3) is 10.9 Å². The second kappa shape index (κ2) is 8.32.